The van der Waals surface area contributed by atoms with Gasteiger partial charge < -0.3 is 38.8 Å². The van der Waals surface area contributed by atoms with Gasteiger partial charge in [0.2, 0.25) is 0 Å². The van der Waals surface area contributed by atoms with Crippen molar-refractivity contribution in [3.8, 4) is 5.75 Å². The van der Waals surface area contributed by atoms with Gasteiger partial charge in [-0.15, -0.1) is 0 Å². The van der Waals surface area contributed by atoms with Crippen LogP contribution in [0.15, 0.2) is 102 Å². The summed E-state index contributed by atoms with van der Waals surface area (Å²) in [5, 5.41) is 14.5. The number of nitrogens with zero attached hydrogens (tertiary/aromatic N) is 2. The number of aromatic nitrogens is 2. The quantitative estimate of drug-likeness (QED) is 0.0858. The smallest absolute Gasteiger partial charge is 0.413 e. The number of ether oxygens (including phenoxy) is 6. The summed E-state index contributed by atoms with van der Waals surface area (Å²) in [6.07, 6.45) is -2.91. The summed E-state index contributed by atoms with van der Waals surface area (Å²) < 4.78 is 36.6. The average Bonchev–Trinajstić information content (AvgIpc) is 3.60. The van der Waals surface area contributed by atoms with E-state index in [4.69, 9.17) is 28.4 Å². The number of alkyl carbamates (subject to hydrolysis) is 1. The third-order valence-corrected chi connectivity index (χ3v) is 9.33. The number of anilines is 1. The molecular weight excluding hydrogens is 776 g/mol. The van der Waals surface area contributed by atoms with E-state index in [0.29, 0.717) is 5.75 Å². The molecule has 2 heterocycles. The third kappa shape index (κ3) is 11.9. The topological polar surface area (TPSA) is 203 Å². The van der Waals surface area contributed by atoms with Gasteiger partial charge in [0, 0.05) is 18.5 Å². The molecule has 0 saturated carbocycles. The molecule has 2 amide bonds. The summed E-state index contributed by atoms with van der Waals surface area (Å²) >= 11 is 0. The number of nitrogens with one attached hydrogen (secondary N) is 2. The molecule has 1 aromatic heterocycles. The SMILES string of the molecule is COc1ccc(COC(c2ccccc2)(c2ccccc2)C2CC(n3ccc(NC(=O)OC(C)(C)C)nc3=O)OC2COC(=O)CC(NC(=O)OC(C)(C)C)C(=O)O)cc1. The van der Waals surface area contributed by atoms with Crippen LogP contribution in [-0.4, -0.2) is 75.8 Å². The highest BCUT2D eigenvalue weighted by molar-refractivity contribution is 5.85. The number of esters is 1. The molecule has 0 radical (unpaired) electrons. The van der Waals surface area contributed by atoms with E-state index in [2.05, 4.69) is 15.6 Å². The third-order valence-electron chi connectivity index (χ3n) is 9.33. The molecule has 0 bridgehead atoms. The van der Waals surface area contributed by atoms with Crippen molar-refractivity contribution in [1.29, 1.82) is 0 Å². The second kappa shape index (κ2) is 19.2. The molecule has 3 aromatic carbocycles. The predicted molar refractivity (Wildman–Crippen MR) is 218 cm³/mol. The Bertz CT molecular complexity index is 2110. The Balaban J connectivity index is 1.53. The number of hydrogen-bond acceptors (Lipinski definition) is 12. The number of benzene rings is 3. The largest absolute Gasteiger partial charge is 0.497 e. The lowest BCUT2D eigenvalue weighted by atomic mass is 9.72. The van der Waals surface area contributed by atoms with Crippen molar-refractivity contribution in [1.82, 2.24) is 14.9 Å². The van der Waals surface area contributed by atoms with Crippen molar-refractivity contribution in [2.45, 2.75) is 96.2 Å². The van der Waals surface area contributed by atoms with E-state index in [0.717, 1.165) is 16.7 Å². The maximum absolute atomic E-state index is 13.6. The summed E-state index contributed by atoms with van der Waals surface area (Å²) in [4.78, 5) is 68.0. The van der Waals surface area contributed by atoms with Crippen LogP contribution in [0.1, 0.15) is 77.3 Å². The molecule has 16 heteroatoms. The molecule has 1 fully saturated rings. The minimum atomic E-state index is -1.65. The van der Waals surface area contributed by atoms with Crippen molar-refractivity contribution in [2.24, 2.45) is 5.92 Å². The second-order valence-corrected chi connectivity index (χ2v) is 16.1. The Labute approximate surface area is 348 Å². The molecule has 0 spiro atoms. The van der Waals surface area contributed by atoms with Gasteiger partial charge >= 0.3 is 29.8 Å². The highest BCUT2D eigenvalue weighted by atomic mass is 16.6. The molecule has 1 aliphatic heterocycles. The maximum Gasteiger partial charge on any atom is 0.413 e. The number of carbonyl (C=O) groups excluding carboxylic acids is 3. The Morgan fingerprint density at radius 1 is 0.850 bits per heavy atom. The monoisotopic (exact) mass is 828 g/mol. The van der Waals surface area contributed by atoms with Crippen LogP contribution in [0.5, 0.6) is 5.75 Å². The second-order valence-electron chi connectivity index (χ2n) is 16.1. The van der Waals surface area contributed by atoms with Crippen molar-refractivity contribution < 1.29 is 52.7 Å². The summed E-state index contributed by atoms with van der Waals surface area (Å²) in [6.45, 7) is 9.69. The molecular formula is C44H52N4O12. The predicted octanol–water partition coefficient (Wildman–Crippen LogP) is 6.57. The van der Waals surface area contributed by atoms with Gasteiger partial charge in [-0.3, -0.25) is 14.7 Å². The van der Waals surface area contributed by atoms with Crippen LogP contribution in [0.3, 0.4) is 0 Å². The summed E-state index contributed by atoms with van der Waals surface area (Å²) in [5.74, 6) is -2.46. The minimum Gasteiger partial charge on any atom is -0.497 e. The minimum absolute atomic E-state index is 0.0377. The molecule has 4 aromatic rings. The van der Waals surface area contributed by atoms with E-state index in [1.54, 1.807) is 48.7 Å². The van der Waals surface area contributed by atoms with Crippen LogP contribution in [-0.2, 0) is 45.5 Å². The Kier molecular flexibility index (Phi) is 14.4. The van der Waals surface area contributed by atoms with Crippen molar-refractivity contribution in [3.63, 3.8) is 0 Å². The Morgan fingerprint density at radius 2 is 1.43 bits per heavy atom. The fraction of sp³-hybridized carbons (Fsp3) is 0.409. The number of carboxylic acids is 1. The standard InChI is InChI=1S/C44H52N4O12/c1-42(2,3)59-40(53)45-33(38(50)51)25-37(49)56-27-34-32(24-36(58-34)48-23-22-35(46-39(48)52)47-41(54)60-43(4,5)6)44(29-14-10-8-11-15-29,30-16-12-9-13-17-30)57-26-28-18-20-31(55-7)21-19-28/h8-23,32-34,36H,24-27H2,1-7H3,(H,45,53)(H,50,51)(H,46,47,52,54). The number of carboxylic acid groups (broad SMARTS) is 1. The molecule has 60 heavy (non-hydrogen) atoms. The van der Waals surface area contributed by atoms with Crippen LogP contribution in [0.2, 0.25) is 0 Å². The first-order valence-electron chi connectivity index (χ1n) is 19.4. The first-order chi connectivity index (χ1) is 28.4. The molecule has 5 rings (SSSR count). The molecule has 320 valence electrons. The summed E-state index contributed by atoms with van der Waals surface area (Å²) in [5.41, 5.74) is -1.43. The van der Waals surface area contributed by atoms with E-state index in [-0.39, 0.29) is 18.8 Å². The fourth-order valence-corrected chi connectivity index (χ4v) is 6.80. The van der Waals surface area contributed by atoms with Crippen LogP contribution < -0.4 is 21.1 Å². The highest BCUT2D eigenvalue weighted by Crippen LogP contribution is 2.50. The zero-order valence-corrected chi connectivity index (χ0v) is 34.7. The lowest BCUT2D eigenvalue weighted by Crippen LogP contribution is -2.46. The first-order valence-corrected chi connectivity index (χ1v) is 19.4. The van der Waals surface area contributed by atoms with Gasteiger partial charge in [0.15, 0.2) is 0 Å². The van der Waals surface area contributed by atoms with Crippen LogP contribution in [0, 0.1) is 5.92 Å². The maximum atomic E-state index is 13.6. The van der Waals surface area contributed by atoms with Gasteiger partial charge in [0.05, 0.1) is 20.1 Å². The lowest BCUT2D eigenvalue weighted by molar-refractivity contribution is -0.156. The molecule has 1 aliphatic rings. The number of methoxy groups -OCH3 is 1. The molecule has 0 aliphatic carbocycles. The zero-order valence-electron chi connectivity index (χ0n) is 34.7. The van der Waals surface area contributed by atoms with Crippen LogP contribution >= 0.6 is 0 Å². The van der Waals surface area contributed by atoms with E-state index < -0.39 is 83.9 Å². The summed E-state index contributed by atoms with van der Waals surface area (Å²) in [6, 6.07) is 26.1. The lowest BCUT2D eigenvalue weighted by Gasteiger charge is -2.42. The zero-order chi connectivity index (χ0) is 43.7. The van der Waals surface area contributed by atoms with Gasteiger partial charge in [-0.25, -0.2) is 19.2 Å². The number of hydrogen-bond donors (Lipinski definition) is 3. The highest BCUT2D eigenvalue weighted by Gasteiger charge is 2.53. The van der Waals surface area contributed by atoms with Gasteiger partial charge in [-0.2, -0.15) is 4.98 Å². The molecule has 4 atom stereocenters. The number of amides is 2. The van der Waals surface area contributed by atoms with Crippen LogP contribution in [0.4, 0.5) is 15.4 Å². The average molecular weight is 829 g/mol. The van der Waals surface area contributed by atoms with Crippen molar-refractivity contribution in [3.05, 3.63) is 124 Å². The van der Waals surface area contributed by atoms with Gasteiger partial charge in [0.1, 0.15) is 53.4 Å². The fourth-order valence-electron chi connectivity index (χ4n) is 6.80. The van der Waals surface area contributed by atoms with Gasteiger partial charge in [0.25, 0.3) is 0 Å². The number of rotatable bonds is 15. The van der Waals surface area contributed by atoms with E-state index in [1.807, 2.05) is 84.9 Å². The summed E-state index contributed by atoms with van der Waals surface area (Å²) in [7, 11) is 1.58. The van der Waals surface area contributed by atoms with Gasteiger partial charge in [-0.05, 0) is 76.4 Å². The number of aliphatic carboxylic acids is 1. The van der Waals surface area contributed by atoms with Gasteiger partial charge in [-0.1, -0.05) is 72.8 Å². The van der Waals surface area contributed by atoms with Crippen molar-refractivity contribution in [2.75, 3.05) is 19.0 Å². The van der Waals surface area contributed by atoms with E-state index >= 15 is 0 Å². The Morgan fingerprint density at radius 3 is 1.97 bits per heavy atom. The van der Waals surface area contributed by atoms with Crippen molar-refractivity contribution >= 4 is 29.9 Å². The molecule has 16 nitrogen and oxygen atoms in total. The van der Waals surface area contributed by atoms with Crippen LogP contribution in [0.25, 0.3) is 0 Å². The van der Waals surface area contributed by atoms with E-state index in [1.165, 1.54) is 16.8 Å². The Hall–Kier alpha value is -6.26. The van der Waals surface area contributed by atoms with E-state index in [9.17, 15) is 29.1 Å². The molecule has 1 saturated heterocycles. The molecule has 3 N–H and O–H groups in total. The normalized spacial score (nSPS) is 17.2. The number of carbonyl (C=O) groups is 4. The molecule has 4 unspecified atom stereocenters. The first kappa shape index (κ1) is 44.8.